The number of nitrogen functional groups attached to an aromatic ring is 1. The summed E-state index contributed by atoms with van der Waals surface area (Å²) in [6, 6.07) is 3.44. The third kappa shape index (κ3) is 3.10. The van der Waals surface area contributed by atoms with Gasteiger partial charge in [-0.2, -0.15) is 11.8 Å². The van der Waals surface area contributed by atoms with Crippen molar-refractivity contribution in [3.05, 3.63) is 28.7 Å². The van der Waals surface area contributed by atoms with Gasteiger partial charge in [0, 0.05) is 18.5 Å². The van der Waals surface area contributed by atoms with E-state index < -0.39 is 0 Å². The van der Waals surface area contributed by atoms with Crippen molar-refractivity contribution in [2.45, 2.75) is 25.6 Å². The zero-order chi connectivity index (χ0) is 10.6. The van der Waals surface area contributed by atoms with Crippen molar-refractivity contribution < 1.29 is 0 Å². The van der Waals surface area contributed by atoms with Gasteiger partial charge in [-0.05, 0) is 17.4 Å². The Kier molecular flexibility index (Phi) is 4.07. The average molecular weight is 212 g/mol. The lowest BCUT2D eigenvalue weighted by molar-refractivity contribution is 0.736. The zero-order valence-electron chi connectivity index (χ0n) is 8.56. The highest BCUT2D eigenvalue weighted by Crippen LogP contribution is 2.08. The molecule has 0 amide bonds. The molecule has 1 heterocycles. The Morgan fingerprint density at radius 2 is 2.29 bits per heavy atom. The molecule has 78 valence electrons. The van der Waals surface area contributed by atoms with E-state index >= 15 is 0 Å². The highest BCUT2D eigenvalue weighted by Gasteiger charge is 1.99. The summed E-state index contributed by atoms with van der Waals surface area (Å²) in [5.41, 5.74) is 5.75. The number of rotatable bonds is 4. The van der Waals surface area contributed by atoms with E-state index in [-0.39, 0.29) is 5.56 Å². The maximum absolute atomic E-state index is 11.5. The Hall–Kier alpha value is -0.900. The number of hydrogen-bond acceptors (Lipinski definition) is 3. The number of aryl methyl sites for hydroxylation is 1. The highest BCUT2D eigenvalue weighted by atomic mass is 32.2. The molecule has 4 heteroatoms. The van der Waals surface area contributed by atoms with Crippen LogP contribution < -0.4 is 11.3 Å². The molecule has 0 bridgehead atoms. The first-order valence-electron chi connectivity index (χ1n) is 4.68. The van der Waals surface area contributed by atoms with E-state index in [9.17, 15) is 4.79 Å². The first-order valence-corrected chi connectivity index (χ1v) is 5.72. The Balaban J connectivity index is 2.59. The number of pyridine rings is 1. The fourth-order valence-corrected chi connectivity index (χ4v) is 1.89. The summed E-state index contributed by atoms with van der Waals surface area (Å²) in [6.07, 6.45) is 1.78. The SMILES string of the molecule is CC(C)SCCn1cccc(N)c1=O. The van der Waals surface area contributed by atoms with Crippen molar-refractivity contribution in [1.82, 2.24) is 4.57 Å². The van der Waals surface area contributed by atoms with Crippen LogP contribution in [0.4, 0.5) is 5.69 Å². The van der Waals surface area contributed by atoms with Gasteiger partial charge in [0.25, 0.3) is 5.56 Å². The van der Waals surface area contributed by atoms with Gasteiger partial charge in [0.1, 0.15) is 0 Å². The quantitative estimate of drug-likeness (QED) is 0.824. The minimum Gasteiger partial charge on any atom is -0.394 e. The maximum Gasteiger partial charge on any atom is 0.273 e. The summed E-state index contributed by atoms with van der Waals surface area (Å²) in [4.78, 5) is 11.5. The van der Waals surface area contributed by atoms with Gasteiger partial charge in [-0.1, -0.05) is 13.8 Å². The van der Waals surface area contributed by atoms with Gasteiger partial charge in [0.15, 0.2) is 0 Å². The van der Waals surface area contributed by atoms with Crippen molar-refractivity contribution >= 4 is 17.4 Å². The lowest BCUT2D eigenvalue weighted by Gasteiger charge is -2.07. The van der Waals surface area contributed by atoms with E-state index in [0.29, 0.717) is 10.9 Å². The molecule has 1 rings (SSSR count). The number of hydrogen-bond donors (Lipinski definition) is 1. The first kappa shape index (κ1) is 11.2. The third-order valence-electron chi connectivity index (χ3n) is 1.83. The van der Waals surface area contributed by atoms with Crippen LogP contribution in [0.15, 0.2) is 23.1 Å². The Labute approximate surface area is 88.3 Å². The van der Waals surface area contributed by atoms with E-state index in [0.717, 1.165) is 12.3 Å². The smallest absolute Gasteiger partial charge is 0.273 e. The third-order valence-corrected chi connectivity index (χ3v) is 2.92. The molecule has 0 aliphatic carbocycles. The molecule has 0 aliphatic rings. The van der Waals surface area contributed by atoms with Gasteiger partial charge < -0.3 is 10.3 Å². The van der Waals surface area contributed by atoms with Crippen LogP contribution in [0.3, 0.4) is 0 Å². The predicted molar refractivity (Wildman–Crippen MR) is 62.7 cm³/mol. The molecular formula is C10H16N2OS. The molecule has 0 saturated heterocycles. The van der Waals surface area contributed by atoms with Gasteiger partial charge in [-0.3, -0.25) is 4.79 Å². The molecule has 0 saturated carbocycles. The largest absolute Gasteiger partial charge is 0.394 e. The van der Waals surface area contributed by atoms with Crippen LogP contribution in [0.1, 0.15) is 13.8 Å². The summed E-state index contributed by atoms with van der Waals surface area (Å²) < 4.78 is 1.66. The number of nitrogens with two attached hydrogens (primary N) is 1. The lowest BCUT2D eigenvalue weighted by atomic mass is 10.4. The minimum atomic E-state index is -0.0862. The fourth-order valence-electron chi connectivity index (χ4n) is 1.12. The van der Waals surface area contributed by atoms with Gasteiger partial charge in [-0.15, -0.1) is 0 Å². The molecule has 3 nitrogen and oxygen atoms in total. The molecule has 1 aromatic rings. The van der Waals surface area contributed by atoms with Gasteiger partial charge in [-0.25, -0.2) is 0 Å². The van der Waals surface area contributed by atoms with Gasteiger partial charge in [0.05, 0.1) is 5.69 Å². The summed E-state index contributed by atoms with van der Waals surface area (Å²) in [7, 11) is 0. The van der Waals surface area contributed by atoms with Crippen LogP contribution in [0, 0.1) is 0 Å². The Morgan fingerprint density at radius 3 is 2.93 bits per heavy atom. The summed E-state index contributed by atoms with van der Waals surface area (Å²) in [5, 5.41) is 0.603. The van der Waals surface area contributed by atoms with Crippen molar-refractivity contribution in [2.75, 3.05) is 11.5 Å². The number of aromatic nitrogens is 1. The molecule has 0 spiro atoms. The zero-order valence-corrected chi connectivity index (χ0v) is 9.38. The second-order valence-electron chi connectivity index (χ2n) is 3.38. The molecule has 0 radical (unpaired) electrons. The lowest BCUT2D eigenvalue weighted by Crippen LogP contribution is -2.23. The van der Waals surface area contributed by atoms with Crippen molar-refractivity contribution in [3.63, 3.8) is 0 Å². The molecule has 0 aromatic carbocycles. The Morgan fingerprint density at radius 1 is 1.57 bits per heavy atom. The minimum absolute atomic E-state index is 0.0862. The second kappa shape index (κ2) is 5.10. The molecule has 0 atom stereocenters. The van der Waals surface area contributed by atoms with Crippen LogP contribution in [-0.4, -0.2) is 15.6 Å². The molecule has 0 fully saturated rings. The first-order chi connectivity index (χ1) is 6.61. The Bertz CT molecular complexity index is 346. The van der Waals surface area contributed by atoms with Crippen LogP contribution in [-0.2, 0) is 6.54 Å². The van der Waals surface area contributed by atoms with Crippen molar-refractivity contribution in [2.24, 2.45) is 0 Å². The molecular weight excluding hydrogens is 196 g/mol. The summed E-state index contributed by atoms with van der Waals surface area (Å²) in [5.74, 6) is 0.945. The normalized spacial score (nSPS) is 10.8. The van der Waals surface area contributed by atoms with Crippen LogP contribution in [0.2, 0.25) is 0 Å². The maximum atomic E-state index is 11.5. The average Bonchev–Trinajstić information content (AvgIpc) is 2.12. The van der Waals surface area contributed by atoms with Gasteiger partial charge >= 0.3 is 0 Å². The molecule has 1 aromatic heterocycles. The van der Waals surface area contributed by atoms with E-state index in [4.69, 9.17) is 5.73 Å². The van der Waals surface area contributed by atoms with E-state index in [1.807, 2.05) is 11.8 Å². The van der Waals surface area contributed by atoms with Crippen LogP contribution >= 0.6 is 11.8 Å². The number of anilines is 1. The molecule has 0 aliphatic heterocycles. The van der Waals surface area contributed by atoms with Crippen LogP contribution in [0.25, 0.3) is 0 Å². The van der Waals surface area contributed by atoms with E-state index in [2.05, 4.69) is 13.8 Å². The highest BCUT2D eigenvalue weighted by molar-refractivity contribution is 7.99. The number of nitrogens with zero attached hydrogens (tertiary/aromatic N) is 1. The number of thioether (sulfide) groups is 1. The fraction of sp³-hybridized carbons (Fsp3) is 0.500. The second-order valence-corrected chi connectivity index (χ2v) is 5.07. The molecule has 14 heavy (non-hydrogen) atoms. The van der Waals surface area contributed by atoms with Gasteiger partial charge in [0.2, 0.25) is 0 Å². The van der Waals surface area contributed by atoms with Crippen LogP contribution in [0.5, 0.6) is 0 Å². The predicted octanol–water partition coefficient (Wildman–Crippen LogP) is 1.57. The topological polar surface area (TPSA) is 48.0 Å². The van der Waals surface area contributed by atoms with Crippen molar-refractivity contribution in [1.29, 1.82) is 0 Å². The molecule has 0 unspecified atom stereocenters. The van der Waals surface area contributed by atoms with Crippen molar-refractivity contribution in [3.8, 4) is 0 Å². The van der Waals surface area contributed by atoms with E-state index in [1.54, 1.807) is 22.9 Å². The van der Waals surface area contributed by atoms with E-state index in [1.165, 1.54) is 0 Å². The standard InChI is InChI=1S/C10H16N2OS/c1-8(2)14-7-6-12-5-3-4-9(11)10(12)13/h3-5,8H,6-7,11H2,1-2H3. The summed E-state index contributed by atoms with van der Waals surface area (Å²) >= 11 is 1.84. The molecule has 2 N–H and O–H groups in total. The monoisotopic (exact) mass is 212 g/mol. The summed E-state index contributed by atoms with van der Waals surface area (Å²) in [6.45, 7) is 5.02.